The van der Waals surface area contributed by atoms with E-state index in [0.29, 0.717) is 32.8 Å². The van der Waals surface area contributed by atoms with Crippen molar-refractivity contribution in [2.45, 2.75) is 25.3 Å². The van der Waals surface area contributed by atoms with Crippen LogP contribution >= 0.6 is 0 Å². The first kappa shape index (κ1) is 15.8. The molecule has 0 saturated carbocycles. The summed E-state index contributed by atoms with van der Waals surface area (Å²) in [6.07, 6.45) is 2.19. The number of hydrogen-bond donors (Lipinski definition) is 1. The summed E-state index contributed by atoms with van der Waals surface area (Å²) in [6.45, 7) is 2.18. The molecule has 0 radical (unpaired) electrons. The predicted octanol–water partition coefficient (Wildman–Crippen LogP) is 2.07. The number of ether oxygens (including phenoxy) is 3. The summed E-state index contributed by atoms with van der Waals surface area (Å²) in [5.41, 5.74) is 1.06. The van der Waals surface area contributed by atoms with Crippen molar-refractivity contribution in [3.05, 3.63) is 29.8 Å². The molecular weight excluding hydrogens is 270 g/mol. The second-order valence-electron chi connectivity index (χ2n) is 5.00. The van der Waals surface area contributed by atoms with Gasteiger partial charge in [0.05, 0.1) is 32.5 Å². The Labute approximate surface area is 125 Å². The van der Waals surface area contributed by atoms with Gasteiger partial charge in [0.1, 0.15) is 5.75 Å². The van der Waals surface area contributed by atoms with Gasteiger partial charge in [-0.3, -0.25) is 4.79 Å². The van der Waals surface area contributed by atoms with Crippen molar-refractivity contribution >= 4 is 5.91 Å². The molecule has 0 bridgehead atoms. The van der Waals surface area contributed by atoms with Crippen molar-refractivity contribution in [2.24, 2.45) is 0 Å². The molecule has 1 amide bonds. The molecule has 2 rings (SSSR count). The molecule has 5 nitrogen and oxygen atoms in total. The Balaban J connectivity index is 1.83. The lowest BCUT2D eigenvalue weighted by atomic mass is 10.0. The molecule has 1 aromatic rings. The highest BCUT2D eigenvalue weighted by Gasteiger charge is 2.20. The van der Waals surface area contributed by atoms with Crippen LogP contribution in [0.15, 0.2) is 24.3 Å². The molecule has 0 aromatic heterocycles. The number of rotatable bonds is 7. The second-order valence-corrected chi connectivity index (χ2v) is 5.00. The SMILES string of the molecule is COCCOCCC(=O)NC1CCCOc2ccccc21. The number of carbonyl (C=O) groups excluding carboxylic acids is 1. The lowest BCUT2D eigenvalue weighted by molar-refractivity contribution is -0.123. The van der Waals surface area contributed by atoms with Gasteiger partial charge < -0.3 is 19.5 Å². The Bertz CT molecular complexity index is 450. The average molecular weight is 293 g/mol. The number of benzene rings is 1. The van der Waals surface area contributed by atoms with Crippen LogP contribution in [-0.2, 0) is 14.3 Å². The van der Waals surface area contributed by atoms with E-state index in [1.54, 1.807) is 7.11 Å². The number of hydrogen-bond acceptors (Lipinski definition) is 4. The van der Waals surface area contributed by atoms with Gasteiger partial charge in [-0.2, -0.15) is 0 Å². The Hall–Kier alpha value is -1.59. The van der Waals surface area contributed by atoms with Gasteiger partial charge in [-0.1, -0.05) is 18.2 Å². The number of fused-ring (bicyclic) bond motifs is 1. The van der Waals surface area contributed by atoms with Crippen LogP contribution in [0.5, 0.6) is 5.75 Å². The summed E-state index contributed by atoms with van der Waals surface area (Å²) in [5, 5.41) is 3.08. The number of nitrogens with one attached hydrogen (secondary N) is 1. The normalized spacial score (nSPS) is 17.5. The highest BCUT2D eigenvalue weighted by molar-refractivity contribution is 5.76. The first-order chi connectivity index (χ1) is 10.3. The topological polar surface area (TPSA) is 56.8 Å². The van der Waals surface area contributed by atoms with Crippen LogP contribution < -0.4 is 10.1 Å². The predicted molar refractivity (Wildman–Crippen MR) is 79.4 cm³/mol. The minimum Gasteiger partial charge on any atom is -0.493 e. The molecular formula is C16H23NO4. The smallest absolute Gasteiger partial charge is 0.222 e. The van der Waals surface area contributed by atoms with Gasteiger partial charge in [-0.05, 0) is 18.9 Å². The first-order valence-electron chi connectivity index (χ1n) is 7.39. The molecule has 1 unspecified atom stereocenters. The third-order valence-corrected chi connectivity index (χ3v) is 3.43. The molecule has 116 valence electrons. The highest BCUT2D eigenvalue weighted by Crippen LogP contribution is 2.31. The fraction of sp³-hybridized carbons (Fsp3) is 0.562. The zero-order chi connectivity index (χ0) is 14.9. The quantitative estimate of drug-likeness (QED) is 0.782. The molecule has 1 N–H and O–H groups in total. The average Bonchev–Trinajstić information content (AvgIpc) is 2.70. The second kappa shape index (κ2) is 8.64. The molecule has 21 heavy (non-hydrogen) atoms. The molecule has 1 aliphatic rings. The van der Waals surface area contributed by atoms with E-state index < -0.39 is 0 Å². The molecule has 1 aromatic carbocycles. The van der Waals surface area contributed by atoms with Crippen molar-refractivity contribution in [1.29, 1.82) is 0 Å². The lowest BCUT2D eigenvalue weighted by Crippen LogP contribution is -2.29. The van der Waals surface area contributed by atoms with Crippen molar-refractivity contribution in [1.82, 2.24) is 5.32 Å². The highest BCUT2D eigenvalue weighted by atomic mass is 16.5. The fourth-order valence-electron chi connectivity index (χ4n) is 2.35. The van der Waals surface area contributed by atoms with E-state index in [4.69, 9.17) is 14.2 Å². The van der Waals surface area contributed by atoms with Gasteiger partial charge in [-0.15, -0.1) is 0 Å². The summed E-state index contributed by atoms with van der Waals surface area (Å²) in [5.74, 6) is 0.880. The third kappa shape index (κ3) is 5.02. The Morgan fingerprint density at radius 2 is 2.19 bits per heavy atom. The van der Waals surface area contributed by atoms with E-state index in [9.17, 15) is 4.79 Å². The van der Waals surface area contributed by atoms with Crippen LogP contribution in [0.3, 0.4) is 0 Å². The molecule has 0 saturated heterocycles. The molecule has 5 heteroatoms. The molecule has 1 atom stereocenters. The van der Waals surface area contributed by atoms with Crippen molar-refractivity contribution in [3.8, 4) is 5.75 Å². The van der Waals surface area contributed by atoms with Crippen LogP contribution in [0.25, 0.3) is 0 Å². The summed E-state index contributed by atoms with van der Waals surface area (Å²) < 4.78 is 15.9. The van der Waals surface area contributed by atoms with Crippen LogP contribution in [0, 0.1) is 0 Å². The zero-order valence-electron chi connectivity index (χ0n) is 12.5. The van der Waals surface area contributed by atoms with Crippen LogP contribution in [0.2, 0.25) is 0 Å². The van der Waals surface area contributed by atoms with Crippen LogP contribution in [0.4, 0.5) is 0 Å². The molecule has 0 fully saturated rings. The maximum atomic E-state index is 12.0. The van der Waals surface area contributed by atoms with Gasteiger partial charge in [-0.25, -0.2) is 0 Å². The van der Waals surface area contributed by atoms with E-state index in [0.717, 1.165) is 24.2 Å². The van der Waals surface area contributed by atoms with Gasteiger partial charge in [0.15, 0.2) is 0 Å². The summed E-state index contributed by atoms with van der Waals surface area (Å²) in [6, 6.07) is 7.91. The summed E-state index contributed by atoms with van der Waals surface area (Å²) in [4.78, 5) is 12.0. The van der Waals surface area contributed by atoms with Crippen LogP contribution in [-0.4, -0.2) is 39.4 Å². The minimum absolute atomic E-state index is 0.00844. The molecule has 1 aliphatic heterocycles. The number of amides is 1. The summed E-state index contributed by atoms with van der Waals surface area (Å²) >= 11 is 0. The van der Waals surface area contributed by atoms with E-state index in [1.807, 2.05) is 24.3 Å². The van der Waals surface area contributed by atoms with Crippen molar-refractivity contribution in [2.75, 3.05) is 33.5 Å². The largest absolute Gasteiger partial charge is 0.493 e. The zero-order valence-corrected chi connectivity index (χ0v) is 12.5. The monoisotopic (exact) mass is 293 g/mol. The number of carbonyl (C=O) groups is 1. The molecule has 0 spiro atoms. The fourth-order valence-corrected chi connectivity index (χ4v) is 2.35. The Morgan fingerprint density at radius 3 is 3.05 bits per heavy atom. The Kier molecular flexibility index (Phi) is 6.50. The van der Waals surface area contributed by atoms with E-state index in [1.165, 1.54) is 0 Å². The molecule has 0 aliphatic carbocycles. The Morgan fingerprint density at radius 1 is 1.33 bits per heavy atom. The van der Waals surface area contributed by atoms with Crippen LogP contribution in [0.1, 0.15) is 30.9 Å². The first-order valence-corrected chi connectivity index (χ1v) is 7.39. The van der Waals surface area contributed by atoms with Crippen molar-refractivity contribution < 1.29 is 19.0 Å². The number of methoxy groups -OCH3 is 1. The van der Waals surface area contributed by atoms with Gasteiger partial charge in [0.2, 0.25) is 5.91 Å². The van der Waals surface area contributed by atoms with Gasteiger partial charge >= 0.3 is 0 Å². The van der Waals surface area contributed by atoms with E-state index in [-0.39, 0.29) is 11.9 Å². The van der Waals surface area contributed by atoms with Gasteiger partial charge in [0.25, 0.3) is 0 Å². The van der Waals surface area contributed by atoms with Crippen molar-refractivity contribution in [3.63, 3.8) is 0 Å². The number of para-hydroxylation sites is 1. The van der Waals surface area contributed by atoms with E-state index >= 15 is 0 Å². The lowest BCUT2D eigenvalue weighted by Gasteiger charge is -2.18. The van der Waals surface area contributed by atoms with Gasteiger partial charge in [0, 0.05) is 19.1 Å². The molecule has 1 heterocycles. The maximum Gasteiger partial charge on any atom is 0.222 e. The summed E-state index contributed by atoms with van der Waals surface area (Å²) in [7, 11) is 1.63. The third-order valence-electron chi connectivity index (χ3n) is 3.43. The standard InChI is InChI=1S/C16H23NO4/c1-19-11-12-20-10-8-16(18)17-14-6-4-9-21-15-7-3-2-5-13(14)15/h2-3,5,7,14H,4,6,8-12H2,1H3,(H,17,18). The van der Waals surface area contributed by atoms with E-state index in [2.05, 4.69) is 5.32 Å². The minimum atomic E-state index is 0.00844. The maximum absolute atomic E-state index is 12.0.